The van der Waals surface area contributed by atoms with Gasteiger partial charge in [-0.1, -0.05) is 0 Å². The van der Waals surface area contributed by atoms with Gasteiger partial charge in [0.05, 0.1) is 31.2 Å². The molecule has 0 bridgehead atoms. The quantitative estimate of drug-likeness (QED) is 0.538. The van der Waals surface area contributed by atoms with E-state index in [1.165, 1.54) is 26.4 Å². The Morgan fingerprint density at radius 2 is 1.67 bits per heavy atom. The standard InChI is InChI=1S/C26H27F3N4O3/c1-35-18-12-16(13-19(15-18)36-2)23-20-6-5-9-30-24(20)25(34)33(31-23)22-14-17(32-10-3-4-11-32)7-8-21(22)26(27,28)29/h7-8,12-15,30H,3-6,9-11H2,1-2H3. The van der Waals surface area contributed by atoms with Gasteiger partial charge in [0.2, 0.25) is 0 Å². The fourth-order valence-electron chi connectivity index (χ4n) is 4.91. The third-order valence-electron chi connectivity index (χ3n) is 6.71. The average Bonchev–Trinajstić information content (AvgIpc) is 3.43. The fourth-order valence-corrected chi connectivity index (χ4v) is 4.91. The monoisotopic (exact) mass is 500 g/mol. The number of rotatable bonds is 5. The summed E-state index contributed by atoms with van der Waals surface area (Å²) < 4.78 is 54.1. The van der Waals surface area contributed by atoms with Crippen LogP contribution in [0.4, 0.5) is 24.5 Å². The number of benzene rings is 2. The van der Waals surface area contributed by atoms with Gasteiger partial charge in [0.15, 0.2) is 0 Å². The van der Waals surface area contributed by atoms with E-state index in [1.807, 2.05) is 4.90 Å². The highest BCUT2D eigenvalue weighted by Crippen LogP contribution is 2.38. The van der Waals surface area contributed by atoms with Crippen molar-refractivity contribution in [1.29, 1.82) is 0 Å². The molecule has 0 radical (unpaired) electrons. The molecule has 3 heterocycles. The van der Waals surface area contributed by atoms with Crippen LogP contribution in [-0.4, -0.2) is 43.6 Å². The second kappa shape index (κ2) is 9.40. The molecule has 1 fully saturated rings. The SMILES string of the molecule is COc1cc(OC)cc(-c2nn(-c3cc(N4CCCC4)ccc3C(F)(F)F)c(=O)c3c2CCCN3)c1. The molecule has 0 spiro atoms. The maximum atomic E-state index is 14.1. The van der Waals surface area contributed by atoms with Crippen molar-refractivity contribution in [3.05, 3.63) is 57.9 Å². The molecule has 0 atom stereocenters. The Labute approximate surface area is 206 Å². The van der Waals surface area contributed by atoms with E-state index in [1.54, 1.807) is 18.2 Å². The number of halogens is 3. The van der Waals surface area contributed by atoms with E-state index in [4.69, 9.17) is 9.47 Å². The van der Waals surface area contributed by atoms with Gasteiger partial charge in [0, 0.05) is 42.5 Å². The lowest BCUT2D eigenvalue weighted by molar-refractivity contribution is -0.137. The number of hydrogen-bond acceptors (Lipinski definition) is 6. The van der Waals surface area contributed by atoms with Gasteiger partial charge in [-0.3, -0.25) is 4.79 Å². The molecule has 1 N–H and O–H groups in total. The molecule has 190 valence electrons. The zero-order chi connectivity index (χ0) is 25.4. The average molecular weight is 501 g/mol. The largest absolute Gasteiger partial charge is 0.497 e. The Kier molecular flexibility index (Phi) is 6.27. The molecule has 36 heavy (non-hydrogen) atoms. The van der Waals surface area contributed by atoms with Crippen molar-refractivity contribution in [2.24, 2.45) is 0 Å². The molecule has 0 saturated carbocycles. The summed E-state index contributed by atoms with van der Waals surface area (Å²) in [6, 6.07) is 9.10. The van der Waals surface area contributed by atoms with Gasteiger partial charge in [0.1, 0.15) is 17.2 Å². The third-order valence-corrected chi connectivity index (χ3v) is 6.71. The number of fused-ring (bicyclic) bond motifs is 1. The van der Waals surface area contributed by atoms with Gasteiger partial charge in [0.25, 0.3) is 5.56 Å². The van der Waals surface area contributed by atoms with Crippen molar-refractivity contribution in [3.63, 3.8) is 0 Å². The Bertz CT molecular complexity index is 1330. The smallest absolute Gasteiger partial charge is 0.418 e. The molecule has 1 aromatic heterocycles. The molecule has 3 aromatic rings. The highest BCUT2D eigenvalue weighted by atomic mass is 19.4. The lowest BCUT2D eigenvalue weighted by Gasteiger charge is -2.24. The van der Waals surface area contributed by atoms with Crippen LogP contribution in [0.3, 0.4) is 0 Å². The summed E-state index contributed by atoms with van der Waals surface area (Å²) in [7, 11) is 3.03. The molecular weight excluding hydrogens is 473 g/mol. The Balaban J connectivity index is 1.78. The van der Waals surface area contributed by atoms with Crippen molar-refractivity contribution in [3.8, 4) is 28.4 Å². The van der Waals surface area contributed by atoms with Gasteiger partial charge >= 0.3 is 6.18 Å². The first-order valence-electron chi connectivity index (χ1n) is 11.9. The molecule has 1 saturated heterocycles. The molecule has 5 rings (SSSR count). The first-order chi connectivity index (χ1) is 17.3. The molecule has 0 amide bonds. The van der Waals surface area contributed by atoms with Crippen molar-refractivity contribution in [2.75, 3.05) is 44.1 Å². The lowest BCUT2D eigenvalue weighted by atomic mass is 9.98. The van der Waals surface area contributed by atoms with Gasteiger partial charge in [-0.2, -0.15) is 23.0 Å². The summed E-state index contributed by atoms with van der Waals surface area (Å²) >= 11 is 0. The van der Waals surface area contributed by atoms with Crippen LogP contribution in [-0.2, 0) is 12.6 Å². The van der Waals surface area contributed by atoms with Crippen LogP contribution in [0.1, 0.15) is 30.4 Å². The normalized spacial score (nSPS) is 15.4. The second-order valence-corrected chi connectivity index (χ2v) is 8.94. The maximum Gasteiger partial charge on any atom is 0.418 e. The number of hydrogen-bond donors (Lipinski definition) is 1. The fraction of sp³-hybridized carbons (Fsp3) is 0.385. The topological polar surface area (TPSA) is 68.6 Å². The first-order valence-corrected chi connectivity index (χ1v) is 11.9. The molecule has 0 unspecified atom stereocenters. The summed E-state index contributed by atoms with van der Waals surface area (Å²) in [6.45, 7) is 2.06. The number of nitrogens with one attached hydrogen (secondary N) is 1. The van der Waals surface area contributed by atoms with E-state index in [2.05, 4.69) is 10.4 Å². The minimum Gasteiger partial charge on any atom is -0.497 e. The van der Waals surface area contributed by atoms with Crippen LogP contribution in [0.2, 0.25) is 0 Å². The molecule has 0 aliphatic carbocycles. The Morgan fingerprint density at radius 1 is 0.972 bits per heavy atom. The van der Waals surface area contributed by atoms with E-state index >= 15 is 0 Å². The number of nitrogens with zero attached hydrogens (tertiary/aromatic N) is 3. The number of methoxy groups -OCH3 is 2. The minimum atomic E-state index is -4.66. The molecule has 2 aliphatic heterocycles. The van der Waals surface area contributed by atoms with Crippen molar-refractivity contribution >= 4 is 11.4 Å². The van der Waals surface area contributed by atoms with Gasteiger partial charge in [-0.05, 0) is 56.0 Å². The van der Waals surface area contributed by atoms with E-state index in [9.17, 15) is 18.0 Å². The lowest BCUT2D eigenvalue weighted by Crippen LogP contribution is -2.31. The summed E-state index contributed by atoms with van der Waals surface area (Å²) in [4.78, 5) is 15.6. The number of ether oxygens (including phenoxy) is 2. The summed E-state index contributed by atoms with van der Waals surface area (Å²) in [5.74, 6) is 1.02. The van der Waals surface area contributed by atoms with Crippen LogP contribution < -0.4 is 25.2 Å². The summed E-state index contributed by atoms with van der Waals surface area (Å²) in [6.07, 6.45) is -1.38. The minimum absolute atomic E-state index is 0.271. The van der Waals surface area contributed by atoms with Crippen molar-refractivity contribution in [2.45, 2.75) is 31.9 Å². The van der Waals surface area contributed by atoms with Gasteiger partial charge in [-0.25, -0.2) is 0 Å². The molecule has 7 nitrogen and oxygen atoms in total. The second-order valence-electron chi connectivity index (χ2n) is 8.94. The molecule has 2 aromatic carbocycles. The van der Waals surface area contributed by atoms with Gasteiger partial charge in [-0.15, -0.1) is 0 Å². The Morgan fingerprint density at radius 3 is 2.31 bits per heavy atom. The van der Waals surface area contributed by atoms with Crippen LogP contribution in [0.25, 0.3) is 16.9 Å². The van der Waals surface area contributed by atoms with Crippen LogP contribution in [0.5, 0.6) is 11.5 Å². The third kappa shape index (κ3) is 4.36. The highest BCUT2D eigenvalue weighted by molar-refractivity contribution is 5.73. The highest BCUT2D eigenvalue weighted by Gasteiger charge is 2.36. The zero-order valence-corrected chi connectivity index (χ0v) is 20.1. The number of anilines is 2. The molecule has 2 aliphatic rings. The molecular formula is C26H27F3N4O3. The van der Waals surface area contributed by atoms with E-state index in [-0.39, 0.29) is 11.4 Å². The van der Waals surface area contributed by atoms with E-state index in [0.717, 1.165) is 43.1 Å². The van der Waals surface area contributed by atoms with E-state index in [0.29, 0.717) is 47.0 Å². The number of alkyl halides is 3. The van der Waals surface area contributed by atoms with Crippen molar-refractivity contribution in [1.82, 2.24) is 9.78 Å². The van der Waals surface area contributed by atoms with Crippen LogP contribution >= 0.6 is 0 Å². The summed E-state index contributed by atoms with van der Waals surface area (Å²) in [5, 5.41) is 7.66. The predicted molar refractivity (Wildman–Crippen MR) is 132 cm³/mol. The zero-order valence-electron chi connectivity index (χ0n) is 20.1. The first kappa shape index (κ1) is 24.0. The predicted octanol–water partition coefficient (Wildman–Crippen LogP) is 4.89. The van der Waals surface area contributed by atoms with Crippen LogP contribution in [0.15, 0.2) is 41.2 Å². The van der Waals surface area contributed by atoms with Crippen LogP contribution in [0, 0.1) is 0 Å². The number of aromatic nitrogens is 2. The Hall–Kier alpha value is -3.69. The van der Waals surface area contributed by atoms with Gasteiger partial charge < -0.3 is 19.7 Å². The van der Waals surface area contributed by atoms with Crippen molar-refractivity contribution < 1.29 is 22.6 Å². The summed E-state index contributed by atoms with van der Waals surface area (Å²) in [5.41, 5.74) is 0.771. The molecule has 10 heteroatoms. The van der Waals surface area contributed by atoms with E-state index < -0.39 is 17.3 Å². The maximum absolute atomic E-state index is 14.1.